The van der Waals surface area contributed by atoms with Gasteiger partial charge in [-0.25, -0.2) is 0 Å². The molecule has 1 saturated carbocycles. The third-order valence-electron chi connectivity index (χ3n) is 3.82. The molecule has 3 nitrogen and oxygen atoms in total. The maximum absolute atomic E-state index is 11.6. The molecule has 3 atom stereocenters. The number of carbonyl (C=O) groups excluding carboxylic acids is 1. The number of fused-ring (bicyclic) bond motifs is 2. The van der Waals surface area contributed by atoms with Crippen molar-refractivity contribution in [2.75, 3.05) is 0 Å². The lowest BCUT2D eigenvalue weighted by molar-refractivity contribution is -0.122. The van der Waals surface area contributed by atoms with E-state index >= 15 is 0 Å². The van der Waals surface area contributed by atoms with Gasteiger partial charge in [0.15, 0.2) is 0 Å². The van der Waals surface area contributed by atoms with E-state index in [2.05, 4.69) is 10.6 Å². The summed E-state index contributed by atoms with van der Waals surface area (Å²) in [4.78, 5) is 11.6. The summed E-state index contributed by atoms with van der Waals surface area (Å²) in [6, 6.07) is 1.69. The summed E-state index contributed by atoms with van der Waals surface area (Å²) in [5, 5.41) is 6.72. The van der Waals surface area contributed by atoms with Crippen molar-refractivity contribution in [2.45, 2.75) is 56.7 Å². The Labute approximate surface area is 84.6 Å². The van der Waals surface area contributed by atoms with Crippen molar-refractivity contribution < 1.29 is 4.79 Å². The second-order valence-electron chi connectivity index (χ2n) is 5.10. The average molecular weight is 194 g/mol. The van der Waals surface area contributed by atoms with Crippen LogP contribution in [0.2, 0.25) is 0 Å². The summed E-state index contributed by atoms with van der Waals surface area (Å²) in [5.41, 5.74) is 0. The van der Waals surface area contributed by atoms with Crippen molar-refractivity contribution in [1.82, 2.24) is 10.6 Å². The predicted molar refractivity (Wildman–Crippen MR) is 53.8 cm³/mol. The van der Waals surface area contributed by atoms with Gasteiger partial charge in [-0.15, -0.1) is 0 Å². The standard InChI is InChI=1S/C11H18N2O/c14-11(5-7-1-2-7)13-10-6-8-3-4-9(10)12-8/h7-10,12H,1-6H2,(H,13,14). The molecule has 3 fully saturated rings. The van der Waals surface area contributed by atoms with Crippen molar-refractivity contribution in [1.29, 1.82) is 0 Å². The lowest BCUT2D eigenvalue weighted by atomic mass is 9.95. The maximum Gasteiger partial charge on any atom is 0.220 e. The Kier molecular flexibility index (Phi) is 2.01. The molecule has 2 bridgehead atoms. The minimum absolute atomic E-state index is 0.284. The van der Waals surface area contributed by atoms with E-state index in [-0.39, 0.29) is 5.91 Å². The minimum atomic E-state index is 0.284. The number of amides is 1. The molecule has 0 aromatic carbocycles. The molecule has 1 aliphatic carbocycles. The lowest BCUT2D eigenvalue weighted by Gasteiger charge is -2.21. The number of hydrogen-bond donors (Lipinski definition) is 2. The van der Waals surface area contributed by atoms with Gasteiger partial charge in [-0.2, -0.15) is 0 Å². The molecule has 3 aliphatic rings. The molecule has 2 saturated heterocycles. The third kappa shape index (κ3) is 1.65. The van der Waals surface area contributed by atoms with Gasteiger partial charge in [-0.05, 0) is 38.0 Å². The molecule has 1 amide bonds. The fourth-order valence-corrected chi connectivity index (χ4v) is 2.83. The molecule has 0 aromatic heterocycles. The van der Waals surface area contributed by atoms with Crippen LogP contribution in [0.4, 0.5) is 0 Å². The van der Waals surface area contributed by atoms with E-state index in [1.165, 1.54) is 25.7 Å². The molecule has 3 unspecified atom stereocenters. The highest BCUT2D eigenvalue weighted by molar-refractivity contribution is 5.77. The molecular weight excluding hydrogens is 176 g/mol. The van der Waals surface area contributed by atoms with Crippen LogP contribution in [0.3, 0.4) is 0 Å². The van der Waals surface area contributed by atoms with E-state index in [1.54, 1.807) is 0 Å². The van der Waals surface area contributed by atoms with Gasteiger partial charge >= 0.3 is 0 Å². The highest BCUT2D eigenvalue weighted by Gasteiger charge is 2.39. The van der Waals surface area contributed by atoms with E-state index in [4.69, 9.17) is 0 Å². The van der Waals surface area contributed by atoms with Crippen LogP contribution in [-0.2, 0) is 4.79 Å². The van der Waals surface area contributed by atoms with Gasteiger partial charge in [0.1, 0.15) is 0 Å². The molecule has 3 heteroatoms. The molecule has 2 heterocycles. The second kappa shape index (κ2) is 3.23. The highest BCUT2D eigenvalue weighted by atomic mass is 16.1. The number of rotatable bonds is 3. The van der Waals surface area contributed by atoms with Crippen molar-refractivity contribution >= 4 is 5.91 Å². The van der Waals surface area contributed by atoms with Crippen molar-refractivity contribution in [3.63, 3.8) is 0 Å². The summed E-state index contributed by atoms with van der Waals surface area (Å²) in [7, 11) is 0. The first-order valence-corrected chi connectivity index (χ1v) is 5.86. The largest absolute Gasteiger partial charge is 0.352 e. The van der Waals surface area contributed by atoms with Crippen molar-refractivity contribution in [3.05, 3.63) is 0 Å². The summed E-state index contributed by atoms with van der Waals surface area (Å²) < 4.78 is 0. The second-order valence-corrected chi connectivity index (χ2v) is 5.10. The van der Waals surface area contributed by atoms with E-state index in [0.29, 0.717) is 24.0 Å². The molecule has 0 spiro atoms. The van der Waals surface area contributed by atoms with Gasteiger partial charge < -0.3 is 10.6 Å². The Balaban J connectivity index is 1.49. The van der Waals surface area contributed by atoms with Crippen LogP contribution in [0.15, 0.2) is 0 Å². The van der Waals surface area contributed by atoms with Crippen LogP contribution in [-0.4, -0.2) is 24.0 Å². The fourth-order valence-electron chi connectivity index (χ4n) is 2.83. The van der Waals surface area contributed by atoms with Crippen LogP contribution in [0, 0.1) is 5.92 Å². The normalized spacial score (nSPS) is 40.1. The van der Waals surface area contributed by atoms with Crippen LogP contribution in [0.1, 0.15) is 38.5 Å². The molecule has 2 N–H and O–H groups in total. The molecular formula is C11H18N2O. The van der Waals surface area contributed by atoms with Gasteiger partial charge in [0.2, 0.25) is 5.91 Å². The zero-order chi connectivity index (χ0) is 9.54. The highest BCUT2D eigenvalue weighted by Crippen LogP contribution is 2.33. The first kappa shape index (κ1) is 8.72. The Hall–Kier alpha value is -0.570. The minimum Gasteiger partial charge on any atom is -0.352 e. The fraction of sp³-hybridized carbons (Fsp3) is 0.909. The molecule has 0 radical (unpaired) electrons. The number of nitrogens with one attached hydrogen (secondary N) is 2. The molecule has 3 rings (SSSR count). The quantitative estimate of drug-likeness (QED) is 0.697. The summed E-state index contributed by atoms with van der Waals surface area (Å²) in [6.45, 7) is 0. The molecule has 0 aromatic rings. The van der Waals surface area contributed by atoms with E-state index < -0.39 is 0 Å². The lowest BCUT2D eigenvalue weighted by Crippen LogP contribution is -2.42. The molecule has 78 valence electrons. The van der Waals surface area contributed by atoms with E-state index in [0.717, 1.165) is 12.8 Å². The molecule has 2 aliphatic heterocycles. The Morgan fingerprint density at radius 1 is 1.29 bits per heavy atom. The Morgan fingerprint density at radius 3 is 2.71 bits per heavy atom. The zero-order valence-electron chi connectivity index (χ0n) is 8.46. The summed E-state index contributed by atoms with van der Waals surface area (Å²) in [5.74, 6) is 0.994. The van der Waals surface area contributed by atoms with Gasteiger partial charge in [0, 0.05) is 24.5 Å². The third-order valence-corrected chi connectivity index (χ3v) is 3.82. The summed E-state index contributed by atoms with van der Waals surface area (Å²) >= 11 is 0. The van der Waals surface area contributed by atoms with Gasteiger partial charge in [-0.3, -0.25) is 4.79 Å². The van der Waals surface area contributed by atoms with Crippen LogP contribution < -0.4 is 10.6 Å². The average Bonchev–Trinajstić information content (AvgIpc) is 2.74. The van der Waals surface area contributed by atoms with Gasteiger partial charge in [-0.1, -0.05) is 0 Å². The van der Waals surface area contributed by atoms with E-state index in [1.807, 2.05) is 0 Å². The monoisotopic (exact) mass is 194 g/mol. The maximum atomic E-state index is 11.6. The smallest absolute Gasteiger partial charge is 0.220 e. The Bertz CT molecular complexity index is 250. The Morgan fingerprint density at radius 2 is 2.14 bits per heavy atom. The molecule has 14 heavy (non-hydrogen) atoms. The SMILES string of the molecule is O=C(CC1CC1)NC1CC2CCC1N2. The van der Waals surface area contributed by atoms with Crippen LogP contribution in [0.25, 0.3) is 0 Å². The first-order chi connectivity index (χ1) is 6.81. The van der Waals surface area contributed by atoms with E-state index in [9.17, 15) is 4.79 Å². The van der Waals surface area contributed by atoms with Crippen molar-refractivity contribution in [3.8, 4) is 0 Å². The van der Waals surface area contributed by atoms with Crippen LogP contribution in [0.5, 0.6) is 0 Å². The predicted octanol–water partition coefficient (Wildman–Crippen LogP) is 0.796. The van der Waals surface area contributed by atoms with Crippen molar-refractivity contribution in [2.24, 2.45) is 5.92 Å². The summed E-state index contributed by atoms with van der Waals surface area (Å²) in [6.07, 6.45) is 7.01. The van der Waals surface area contributed by atoms with Gasteiger partial charge in [0.25, 0.3) is 0 Å². The first-order valence-electron chi connectivity index (χ1n) is 5.86. The number of hydrogen-bond acceptors (Lipinski definition) is 2. The topological polar surface area (TPSA) is 41.1 Å². The van der Waals surface area contributed by atoms with Crippen LogP contribution >= 0.6 is 0 Å². The zero-order valence-corrected chi connectivity index (χ0v) is 8.46. The van der Waals surface area contributed by atoms with Gasteiger partial charge in [0.05, 0.1) is 0 Å². The number of carbonyl (C=O) groups is 1.